The normalized spacial score (nSPS) is 19.3. The highest BCUT2D eigenvalue weighted by atomic mass is 19.1. The van der Waals surface area contributed by atoms with Gasteiger partial charge in [-0.1, -0.05) is 26.0 Å². The van der Waals surface area contributed by atoms with Crippen molar-refractivity contribution < 1.29 is 9.13 Å². The summed E-state index contributed by atoms with van der Waals surface area (Å²) in [5.41, 5.74) is 1.81. The molecule has 1 aromatic carbocycles. The molecule has 1 fully saturated rings. The first-order valence-electron chi connectivity index (χ1n) is 7.86. The van der Waals surface area contributed by atoms with Crippen LogP contribution >= 0.6 is 0 Å². The van der Waals surface area contributed by atoms with Crippen LogP contribution in [0.15, 0.2) is 18.2 Å². The fraction of sp³-hybridized carbons (Fsp3) is 0.647. The van der Waals surface area contributed by atoms with Gasteiger partial charge >= 0.3 is 0 Å². The molecule has 21 heavy (non-hydrogen) atoms. The van der Waals surface area contributed by atoms with Crippen molar-refractivity contribution in [3.8, 4) is 0 Å². The van der Waals surface area contributed by atoms with E-state index >= 15 is 0 Å². The molecular weight excluding hydrogens is 267 g/mol. The van der Waals surface area contributed by atoms with Crippen LogP contribution in [0.5, 0.6) is 0 Å². The van der Waals surface area contributed by atoms with Crippen LogP contribution in [0.4, 0.5) is 10.1 Å². The molecule has 1 heterocycles. The zero-order valence-corrected chi connectivity index (χ0v) is 13.4. The lowest BCUT2D eigenvalue weighted by molar-refractivity contribution is 0.143. The molecule has 4 heteroatoms. The molecule has 0 spiro atoms. The molecule has 0 bridgehead atoms. The first kappa shape index (κ1) is 16.2. The molecule has 1 atom stereocenters. The molecule has 0 aliphatic carbocycles. The Kier molecular flexibility index (Phi) is 6.00. The van der Waals surface area contributed by atoms with Crippen molar-refractivity contribution in [3.63, 3.8) is 0 Å². The van der Waals surface area contributed by atoms with Crippen LogP contribution in [0.2, 0.25) is 0 Å². The third-order valence-corrected chi connectivity index (χ3v) is 4.01. The van der Waals surface area contributed by atoms with E-state index in [4.69, 9.17) is 4.74 Å². The molecule has 2 rings (SSSR count). The Hall–Kier alpha value is -1.13. The van der Waals surface area contributed by atoms with Crippen LogP contribution in [0.3, 0.4) is 0 Å². The zero-order valence-electron chi connectivity index (χ0n) is 13.4. The van der Waals surface area contributed by atoms with E-state index in [0.29, 0.717) is 18.5 Å². The van der Waals surface area contributed by atoms with Gasteiger partial charge in [0, 0.05) is 32.8 Å². The van der Waals surface area contributed by atoms with Gasteiger partial charge in [-0.15, -0.1) is 0 Å². The van der Waals surface area contributed by atoms with Crippen molar-refractivity contribution in [1.82, 2.24) is 5.32 Å². The Bertz CT molecular complexity index is 448. The fourth-order valence-corrected chi connectivity index (χ4v) is 3.01. The summed E-state index contributed by atoms with van der Waals surface area (Å²) in [5.74, 6) is 0.380. The predicted molar refractivity (Wildman–Crippen MR) is 85.2 cm³/mol. The van der Waals surface area contributed by atoms with Crippen LogP contribution in [0.25, 0.3) is 0 Å². The molecule has 3 nitrogen and oxygen atoms in total. The topological polar surface area (TPSA) is 24.5 Å². The summed E-state index contributed by atoms with van der Waals surface area (Å²) in [7, 11) is 1.74. The Morgan fingerprint density at radius 1 is 1.43 bits per heavy atom. The standard InChI is InChI=1S/C17H27FN2O/c1-13(2)19-10-15-7-4-8-16(18)17(15)20-9-5-6-14(11-20)12-21-3/h4,7-8,13-14,19H,5-6,9-12H2,1-3H3. The van der Waals surface area contributed by atoms with Gasteiger partial charge in [0.25, 0.3) is 0 Å². The van der Waals surface area contributed by atoms with Crippen LogP contribution in [0, 0.1) is 11.7 Å². The van der Waals surface area contributed by atoms with Gasteiger partial charge in [0.1, 0.15) is 5.82 Å². The maximum atomic E-state index is 14.4. The van der Waals surface area contributed by atoms with E-state index in [0.717, 1.165) is 37.4 Å². The van der Waals surface area contributed by atoms with E-state index in [1.54, 1.807) is 19.2 Å². The molecule has 0 amide bonds. The Labute approximate surface area is 127 Å². The summed E-state index contributed by atoms with van der Waals surface area (Å²) in [6, 6.07) is 5.78. The number of halogens is 1. The van der Waals surface area contributed by atoms with Crippen LogP contribution in [-0.4, -0.2) is 32.8 Å². The number of ether oxygens (including phenoxy) is 1. The average Bonchev–Trinajstić information content (AvgIpc) is 2.45. The average molecular weight is 294 g/mol. The van der Waals surface area contributed by atoms with E-state index in [2.05, 4.69) is 24.1 Å². The SMILES string of the molecule is COCC1CCCN(c2c(F)cccc2CNC(C)C)C1. The van der Waals surface area contributed by atoms with Gasteiger partial charge in [0.2, 0.25) is 0 Å². The van der Waals surface area contributed by atoms with Gasteiger partial charge in [0.15, 0.2) is 0 Å². The minimum absolute atomic E-state index is 0.115. The van der Waals surface area contributed by atoms with Gasteiger partial charge < -0.3 is 15.0 Å². The number of rotatable bonds is 6. The molecule has 0 radical (unpaired) electrons. The van der Waals surface area contributed by atoms with E-state index in [1.807, 2.05) is 6.07 Å². The van der Waals surface area contributed by atoms with Crippen LogP contribution in [0.1, 0.15) is 32.3 Å². The lowest BCUT2D eigenvalue weighted by Gasteiger charge is -2.35. The second kappa shape index (κ2) is 7.76. The summed E-state index contributed by atoms with van der Waals surface area (Å²) in [6.07, 6.45) is 2.26. The lowest BCUT2D eigenvalue weighted by atomic mass is 9.97. The van der Waals surface area contributed by atoms with Crippen molar-refractivity contribution in [2.75, 3.05) is 31.7 Å². The maximum Gasteiger partial charge on any atom is 0.146 e. The lowest BCUT2D eigenvalue weighted by Crippen LogP contribution is -2.38. The molecule has 1 N–H and O–H groups in total. The van der Waals surface area contributed by atoms with Crippen molar-refractivity contribution in [2.24, 2.45) is 5.92 Å². The van der Waals surface area contributed by atoms with E-state index in [9.17, 15) is 4.39 Å². The van der Waals surface area contributed by atoms with Gasteiger partial charge in [-0.25, -0.2) is 4.39 Å². The number of nitrogens with one attached hydrogen (secondary N) is 1. The quantitative estimate of drug-likeness (QED) is 0.872. The van der Waals surface area contributed by atoms with Crippen molar-refractivity contribution in [3.05, 3.63) is 29.6 Å². The van der Waals surface area contributed by atoms with Crippen LogP contribution < -0.4 is 10.2 Å². The van der Waals surface area contributed by atoms with E-state index in [1.165, 1.54) is 6.42 Å². The monoisotopic (exact) mass is 294 g/mol. The zero-order chi connectivity index (χ0) is 15.2. The van der Waals surface area contributed by atoms with Crippen LogP contribution in [-0.2, 0) is 11.3 Å². The Morgan fingerprint density at radius 2 is 2.24 bits per heavy atom. The molecule has 1 aliphatic rings. The van der Waals surface area contributed by atoms with Gasteiger partial charge in [-0.05, 0) is 30.4 Å². The van der Waals surface area contributed by atoms with Gasteiger partial charge in [0.05, 0.1) is 12.3 Å². The Balaban J connectivity index is 2.16. The van der Waals surface area contributed by atoms with Gasteiger partial charge in [-0.3, -0.25) is 0 Å². The summed E-state index contributed by atoms with van der Waals surface area (Å²) in [5, 5.41) is 3.39. The third kappa shape index (κ3) is 4.42. The summed E-state index contributed by atoms with van der Waals surface area (Å²) < 4.78 is 19.6. The van der Waals surface area contributed by atoms with Crippen molar-refractivity contribution >= 4 is 5.69 Å². The second-order valence-corrected chi connectivity index (χ2v) is 6.19. The highest BCUT2D eigenvalue weighted by Crippen LogP contribution is 2.29. The first-order chi connectivity index (χ1) is 10.1. The molecule has 1 unspecified atom stereocenters. The number of methoxy groups -OCH3 is 1. The number of piperidine rings is 1. The summed E-state index contributed by atoms with van der Waals surface area (Å²) in [4.78, 5) is 2.19. The molecule has 0 aromatic heterocycles. The minimum atomic E-state index is -0.115. The minimum Gasteiger partial charge on any atom is -0.384 e. The molecule has 1 aliphatic heterocycles. The first-order valence-corrected chi connectivity index (χ1v) is 7.86. The number of nitrogens with zero attached hydrogens (tertiary/aromatic N) is 1. The number of hydrogen-bond acceptors (Lipinski definition) is 3. The maximum absolute atomic E-state index is 14.4. The molecule has 118 valence electrons. The predicted octanol–water partition coefficient (Wildman–Crippen LogP) is 3.19. The highest BCUT2D eigenvalue weighted by molar-refractivity contribution is 5.55. The molecule has 1 saturated heterocycles. The second-order valence-electron chi connectivity index (χ2n) is 6.19. The molecule has 0 saturated carbocycles. The Morgan fingerprint density at radius 3 is 2.95 bits per heavy atom. The largest absolute Gasteiger partial charge is 0.384 e. The number of hydrogen-bond donors (Lipinski definition) is 1. The number of benzene rings is 1. The van der Waals surface area contributed by atoms with Crippen molar-refractivity contribution in [1.29, 1.82) is 0 Å². The van der Waals surface area contributed by atoms with E-state index < -0.39 is 0 Å². The molecular formula is C17H27FN2O. The number of para-hydroxylation sites is 1. The smallest absolute Gasteiger partial charge is 0.146 e. The third-order valence-electron chi connectivity index (χ3n) is 4.01. The van der Waals surface area contributed by atoms with E-state index in [-0.39, 0.29) is 5.82 Å². The van der Waals surface area contributed by atoms with Gasteiger partial charge in [-0.2, -0.15) is 0 Å². The summed E-state index contributed by atoms with van der Waals surface area (Å²) >= 11 is 0. The highest BCUT2D eigenvalue weighted by Gasteiger charge is 2.23. The number of anilines is 1. The molecule has 1 aromatic rings. The fourth-order valence-electron chi connectivity index (χ4n) is 3.01. The summed E-state index contributed by atoms with van der Waals surface area (Å²) in [6.45, 7) is 7.48. The van der Waals surface area contributed by atoms with Crippen molar-refractivity contribution in [2.45, 2.75) is 39.3 Å².